The smallest absolute Gasteiger partial charge is 0.0915 e. The maximum absolute atomic E-state index is 5.35. The summed E-state index contributed by atoms with van der Waals surface area (Å²) < 4.78 is 4.91. The third kappa shape index (κ3) is 3.56. The summed E-state index contributed by atoms with van der Waals surface area (Å²) in [5.74, 6) is 0.701. The van der Waals surface area contributed by atoms with Crippen molar-refractivity contribution in [3.8, 4) is 0 Å². The lowest BCUT2D eigenvalue weighted by Crippen LogP contribution is -2.32. The van der Waals surface area contributed by atoms with Crippen LogP contribution in [0.4, 0.5) is 0 Å². The van der Waals surface area contributed by atoms with Crippen LogP contribution in [0.5, 0.6) is 0 Å². The first-order valence-electron chi connectivity index (χ1n) is 5.41. The molecule has 0 bridgehead atoms. The molecular weight excluding hydrogens is 178 g/mol. The van der Waals surface area contributed by atoms with Crippen LogP contribution in [0.2, 0.25) is 0 Å². The Kier molecular flexibility index (Phi) is 4.35. The van der Waals surface area contributed by atoms with Gasteiger partial charge >= 0.3 is 0 Å². The van der Waals surface area contributed by atoms with E-state index in [0.717, 1.165) is 0 Å². The molecule has 84 valence electrons. The molecule has 2 unspecified atom stereocenters. The van der Waals surface area contributed by atoms with E-state index in [-0.39, 0.29) is 0 Å². The van der Waals surface area contributed by atoms with E-state index in [2.05, 4.69) is 26.3 Å². The molecule has 2 atom stereocenters. The van der Waals surface area contributed by atoms with Gasteiger partial charge in [0.15, 0.2) is 0 Å². The Labute approximate surface area is 87.1 Å². The summed E-state index contributed by atoms with van der Waals surface area (Å²) in [6.07, 6.45) is 2.47. The SMILES string of the molecule is COCCONC1CC(C)(C)CC1C. The van der Waals surface area contributed by atoms with Gasteiger partial charge < -0.3 is 4.74 Å². The van der Waals surface area contributed by atoms with Gasteiger partial charge in [-0.15, -0.1) is 0 Å². The summed E-state index contributed by atoms with van der Waals surface area (Å²) in [6.45, 7) is 8.20. The summed E-state index contributed by atoms with van der Waals surface area (Å²) >= 11 is 0. The summed E-state index contributed by atoms with van der Waals surface area (Å²) in [5.41, 5.74) is 3.60. The van der Waals surface area contributed by atoms with Gasteiger partial charge in [0, 0.05) is 13.2 Å². The van der Waals surface area contributed by atoms with Crippen LogP contribution in [0.25, 0.3) is 0 Å². The van der Waals surface area contributed by atoms with Gasteiger partial charge in [-0.2, -0.15) is 5.48 Å². The summed E-state index contributed by atoms with van der Waals surface area (Å²) in [7, 11) is 1.69. The van der Waals surface area contributed by atoms with E-state index in [1.54, 1.807) is 7.11 Å². The molecule has 1 aliphatic carbocycles. The van der Waals surface area contributed by atoms with Crippen LogP contribution < -0.4 is 5.48 Å². The second kappa shape index (κ2) is 5.10. The topological polar surface area (TPSA) is 30.5 Å². The molecule has 0 heterocycles. The Balaban J connectivity index is 2.19. The van der Waals surface area contributed by atoms with Gasteiger partial charge in [-0.25, -0.2) is 0 Å². The number of rotatable bonds is 5. The number of hydroxylamine groups is 1. The average molecular weight is 201 g/mol. The molecule has 0 spiro atoms. The predicted molar refractivity (Wildman–Crippen MR) is 56.9 cm³/mol. The minimum absolute atomic E-state index is 0.460. The standard InChI is InChI=1S/C11H23NO2/c1-9-7-11(2,3)8-10(9)12-14-6-5-13-4/h9-10,12H,5-8H2,1-4H3. The molecule has 1 N–H and O–H groups in total. The molecule has 3 nitrogen and oxygen atoms in total. The fourth-order valence-corrected chi connectivity index (χ4v) is 2.34. The molecule has 3 heteroatoms. The molecule has 0 amide bonds. The zero-order chi connectivity index (χ0) is 10.6. The molecule has 0 aliphatic heterocycles. The van der Waals surface area contributed by atoms with E-state index in [0.29, 0.717) is 30.6 Å². The van der Waals surface area contributed by atoms with Crippen LogP contribution in [-0.4, -0.2) is 26.4 Å². The Morgan fingerprint density at radius 2 is 2.00 bits per heavy atom. The average Bonchev–Trinajstić information content (AvgIpc) is 2.34. The first-order valence-corrected chi connectivity index (χ1v) is 5.41. The Hall–Kier alpha value is -0.120. The summed E-state index contributed by atoms with van der Waals surface area (Å²) in [6, 6.07) is 0.502. The van der Waals surface area contributed by atoms with Crippen LogP contribution in [0.15, 0.2) is 0 Å². The molecule has 1 aliphatic rings. The fraction of sp³-hybridized carbons (Fsp3) is 1.00. The lowest BCUT2D eigenvalue weighted by Gasteiger charge is -2.18. The van der Waals surface area contributed by atoms with Gasteiger partial charge in [0.25, 0.3) is 0 Å². The zero-order valence-corrected chi connectivity index (χ0v) is 9.80. The van der Waals surface area contributed by atoms with Crippen molar-refractivity contribution in [1.29, 1.82) is 0 Å². The van der Waals surface area contributed by atoms with Crippen LogP contribution in [0.1, 0.15) is 33.6 Å². The van der Waals surface area contributed by atoms with Crippen molar-refractivity contribution in [2.24, 2.45) is 11.3 Å². The van der Waals surface area contributed by atoms with Crippen molar-refractivity contribution in [3.63, 3.8) is 0 Å². The highest BCUT2D eigenvalue weighted by Gasteiger charge is 2.36. The Morgan fingerprint density at radius 3 is 2.50 bits per heavy atom. The molecule has 1 saturated carbocycles. The fourth-order valence-electron chi connectivity index (χ4n) is 2.34. The lowest BCUT2D eigenvalue weighted by atomic mass is 9.91. The first kappa shape index (κ1) is 12.0. The number of ether oxygens (including phenoxy) is 1. The third-order valence-electron chi connectivity index (χ3n) is 2.96. The predicted octanol–water partition coefficient (Wildman–Crippen LogP) is 1.98. The monoisotopic (exact) mass is 201 g/mol. The van der Waals surface area contributed by atoms with E-state index in [1.165, 1.54) is 12.8 Å². The lowest BCUT2D eigenvalue weighted by molar-refractivity contribution is -0.0182. The van der Waals surface area contributed by atoms with Crippen molar-refractivity contribution in [3.05, 3.63) is 0 Å². The minimum atomic E-state index is 0.460. The van der Waals surface area contributed by atoms with E-state index in [4.69, 9.17) is 9.57 Å². The van der Waals surface area contributed by atoms with Gasteiger partial charge in [0.05, 0.1) is 13.2 Å². The molecule has 0 aromatic rings. The second-order valence-electron chi connectivity index (χ2n) is 5.12. The Bertz CT molecular complexity index is 171. The second-order valence-corrected chi connectivity index (χ2v) is 5.12. The van der Waals surface area contributed by atoms with Gasteiger partial charge in [-0.3, -0.25) is 4.84 Å². The molecule has 1 fully saturated rings. The molecular formula is C11H23NO2. The largest absolute Gasteiger partial charge is 0.382 e. The highest BCUT2D eigenvalue weighted by molar-refractivity contribution is 4.89. The molecule has 1 rings (SSSR count). The van der Waals surface area contributed by atoms with Crippen LogP contribution in [0.3, 0.4) is 0 Å². The van der Waals surface area contributed by atoms with Crippen molar-refractivity contribution in [1.82, 2.24) is 5.48 Å². The molecule has 0 aromatic carbocycles. The first-order chi connectivity index (χ1) is 6.55. The highest BCUT2D eigenvalue weighted by Crippen LogP contribution is 2.40. The zero-order valence-electron chi connectivity index (χ0n) is 9.80. The van der Waals surface area contributed by atoms with Crippen LogP contribution in [0, 0.1) is 11.3 Å². The number of methoxy groups -OCH3 is 1. The minimum Gasteiger partial charge on any atom is -0.382 e. The van der Waals surface area contributed by atoms with E-state index >= 15 is 0 Å². The van der Waals surface area contributed by atoms with Crippen LogP contribution >= 0.6 is 0 Å². The number of nitrogens with one attached hydrogen (secondary N) is 1. The van der Waals surface area contributed by atoms with E-state index < -0.39 is 0 Å². The number of hydrogen-bond acceptors (Lipinski definition) is 3. The van der Waals surface area contributed by atoms with Crippen molar-refractivity contribution >= 4 is 0 Å². The summed E-state index contributed by atoms with van der Waals surface area (Å²) in [4.78, 5) is 5.35. The van der Waals surface area contributed by atoms with Gasteiger partial charge in [0.1, 0.15) is 0 Å². The normalized spacial score (nSPS) is 30.9. The van der Waals surface area contributed by atoms with Gasteiger partial charge in [0.2, 0.25) is 0 Å². The van der Waals surface area contributed by atoms with Gasteiger partial charge in [-0.1, -0.05) is 20.8 Å². The maximum Gasteiger partial charge on any atom is 0.0915 e. The summed E-state index contributed by atoms with van der Waals surface area (Å²) in [5, 5.41) is 0. The van der Waals surface area contributed by atoms with Crippen molar-refractivity contribution < 1.29 is 9.57 Å². The van der Waals surface area contributed by atoms with E-state index in [1.807, 2.05) is 0 Å². The maximum atomic E-state index is 5.35. The van der Waals surface area contributed by atoms with E-state index in [9.17, 15) is 0 Å². The molecule has 0 radical (unpaired) electrons. The molecule has 0 aromatic heterocycles. The quantitative estimate of drug-likeness (QED) is 0.545. The van der Waals surface area contributed by atoms with Crippen molar-refractivity contribution in [2.75, 3.05) is 20.3 Å². The van der Waals surface area contributed by atoms with Crippen molar-refractivity contribution in [2.45, 2.75) is 39.7 Å². The third-order valence-corrected chi connectivity index (χ3v) is 2.96. The number of hydrogen-bond donors (Lipinski definition) is 1. The van der Waals surface area contributed by atoms with Crippen LogP contribution in [-0.2, 0) is 9.57 Å². The molecule has 14 heavy (non-hydrogen) atoms. The Morgan fingerprint density at radius 1 is 1.29 bits per heavy atom. The highest BCUT2D eigenvalue weighted by atomic mass is 16.7. The molecule has 0 saturated heterocycles. The van der Waals surface area contributed by atoms with Gasteiger partial charge in [-0.05, 0) is 24.2 Å².